The van der Waals surface area contributed by atoms with E-state index in [9.17, 15) is 4.79 Å². The zero-order valence-electron chi connectivity index (χ0n) is 12.4. The van der Waals surface area contributed by atoms with Gasteiger partial charge >= 0.3 is 0 Å². The first-order valence-electron chi connectivity index (χ1n) is 7.50. The number of fused-ring (bicyclic) bond motifs is 2. The van der Waals surface area contributed by atoms with E-state index in [1.807, 2.05) is 36.4 Å². The standard InChI is InChI=1S/C17H16N4O2/c22-16(20-23)12-5-6-13-10-21(8-7-11(13)9-12)17-18-14-3-1-2-4-15(14)19-17/h1-6,9,23H,7-8,10H2,(H,18,19)(H,20,22). The van der Waals surface area contributed by atoms with Gasteiger partial charge in [-0.25, -0.2) is 10.5 Å². The van der Waals surface area contributed by atoms with Gasteiger partial charge in [0.2, 0.25) is 5.95 Å². The number of para-hydroxylation sites is 2. The van der Waals surface area contributed by atoms with Crippen LogP contribution in [0.2, 0.25) is 0 Å². The summed E-state index contributed by atoms with van der Waals surface area (Å²) in [7, 11) is 0. The molecule has 1 aliphatic rings. The van der Waals surface area contributed by atoms with Crippen LogP contribution in [0, 0.1) is 0 Å². The molecule has 0 saturated heterocycles. The number of anilines is 1. The van der Waals surface area contributed by atoms with Crippen LogP contribution in [0.25, 0.3) is 11.0 Å². The monoisotopic (exact) mass is 308 g/mol. The minimum atomic E-state index is -0.479. The van der Waals surface area contributed by atoms with Crippen molar-refractivity contribution < 1.29 is 10.0 Å². The molecule has 0 radical (unpaired) electrons. The summed E-state index contributed by atoms with van der Waals surface area (Å²) in [6.07, 6.45) is 0.832. The Labute approximate surface area is 132 Å². The summed E-state index contributed by atoms with van der Waals surface area (Å²) in [4.78, 5) is 21.7. The maximum absolute atomic E-state index is 11.5. The zero-order valence-corrected chi connectivity index (χ0v) is 12.4. The normalized spacial score (nSPS) is 13.9. The molecule has 3 aromatic rings. The highest BCUT2D eigenvalue weighted by molar-refractivity contribution is 5.93. The molecule has 0 bridgehead atoms. The largest absolute Gasteiger partial charge is 0.338 e. The lowest BCUT2D eigenvalue weighted by molar-refractivity contribution is 0.0706. The molecular weight excluding hydrogens is 292 g/mol. The van der Waals surface area contributed by atoms with Crippen molar-refractivity contribution in [2.24, 2.45) is 0 Å². The lowest BCUT2D eigenvalue weighted by atomic mass is 9.97. The molecule has 0 unspecified atom stereocenters. The van der Waals surface area contributed by atoms with Gasteiger partial charge in [-0.05, 0) is 41.8 Å². The Hall–Kier alpha value is -2.86. The fourth-order valence-electron chi connectivity index (χ4n) is 3.03. The predicted octanol–water partition coefficient (Wildman–Crippen LogP) is 2.24. The fourth-order valence-corrected chi connectivity index (χ4v) is 3.03. The lowest BCUT2D eigenvalue weighted by Gasteiger charge is -2.28. The van der Waals surface area contributed by atoms with Gasteiger partial charge in [-0.1, -0.05) is 18.2 Å². The summed E-state index contributed by atoms with van der Waals surface area (Å²) in [6, 6.07) is 13.5. The van der Waals surface area contributed by atoms with Crippen LogP contribution in [0.4, 0.5) is 5.95 Å². The van der Waals surface area contributed by atoms with Crippen LogP contribution < -0.4 is 10.4 Å². The molecule has 0 atom stereocenters. The minimum absolute atomic E-state index is 0.475. The summed E-state index contributed by atoms with van der Waals surface area (Å²) in [5, 5.41) is 8.73. The molecule has 3 N–H and O–H groups in total. The highest BCUT2D eigenvalue weighted by atomic mass is 16.5. The van der Waals surface area contributed by atoms with Crippen LogP contribution in [0.5, 0.6) is 0 Å². The second-order valence-electron chi connectivity index (χ2n) is 5.67. The third-order valence-electron chi connectivity index (χ3n) is 4.26. The Balaban J connectivity index is 1.62. The lowest BCUT2D eigenvalue weighted by Crippen LogP contribution is -2.31. The van der Waals surface area contributed by atoms with Gasteiger partial charge in [0.25, 0.3) is 5.91 Å². The van der Waals surface area contributed by atoms with Gasteiger partial charge in [0.05, 0.1) is 11.0 Å². The number of hydroxylamine groups is 1. The van der Waals surface area contributed by atoms with E-state index in [0.717, 1.165) is 42.1 Å². The van der Waals surface area contributed by atoms with Crippen LogP contribution in [-0.4, -0.2) is 27.6 Å². The first-order valence-corrected chi connectivity index (χ1v) is 7.50. The molecule has 1 aliphatic heterocycles. The maximum atomic E-state index is 11.5. The Morgan fingerprint density at radius 2 is 2.09 bits per heavy atom. The number of amides is 1. The highest BCUT2D eigenvalue weighted by Gasteiger charge is 2.20. The summed E-state index contributed by atoms with van der Waals surface area (Å²) < 4.78 is 0. The molecule has 0 fully saturated rings. The van der Waals surface area contributed by atoms with Crippen molar-refractivity contribution >= 4 is 22.9 Å². The second-order valence-corrected chi connectivity index (χ2v) is 5.67. The van der Waals surface area contributed by atoms with Crippen molar-refractivity contribution in [2.45, 2.75) is 13.0 Å². The third-order valence-corrected chi connectivity index (χ3v) is 4.26. The highest BCUT2D eigenvalue weighted by Crippen LogP contribution is 2.25. The molecular formula is C17H16N4O2. The number of nitrogens with zero attached hydrogens (tertiary/aromatic N) is 2. The van der Waals surface area contributed by atoms with E-state index in [-0.39, 0.29) is 0 Å². The number of aromatic amines is 1. The van der Waals surface area contributed by atoms with Gasteiger partial charge < -0.3 is 9.88 Å². The van der Waals surface area contributed by atoms with Gasteiger partial charge in [0, 0.05) is 18.7 Å². The summed E-state index contributed by atoms with van der Waals surface area (Å²) in [6.45, 7) is 1.58. The molecule has 0 aliphatic carbocycles. The van der Waals surface area contributed by atoms with Gasteiger partial charge in [0.1, 0.15) is 0 Å². The Morgan fingerprint density at radius 3 is 2.91 bits per heavy atom. The molecule has 1 amide bonds. The van der Waals surface area contributed by atoms with Gasteiger partial charge in [-0.3, -0.25) is 10.0 Å². The van der Waals surface area contributed by atoms with Crippen molar-refractivity contribution in [3.05, 3.63) is 59.2 Å². The topological polar surface area (TPSA) is 81.2 Å². The molecule has 4 rings (SSSR count). The average Bonchev–Trinajstić information content (AvgIpc) is 3.04. The molecule has 1 aromatic heterocycles. The van der Waals surface area contributed by atoms with Crippen molar-refractivity contribution in [1.29, 1.82) is 0 Å². The average molecular weight is 308 g/mol. The number of carbonyl (C=O) groups excluding carboxylic acids is 1. The Morgan fingerprint density at radius 1 is 1.22 bits per heavy atom. The number of H-pyrrole nitrogens is 1. The maximum Gasteiger partial charge on any atom is 0.274 e. The van der Waals surface area contributed by atoms with Crippen LogP contribution in [0.15, 0.2) is 42.5 Å². The number of hydrogen-bond donors (Lipinski definition) is 3. The quantitative estimate of drug-likeness (QED) is 0.501. The van der Waals surface area contributed by atoms with E-state index in [4.69, 9.17) is 5.21 Å². The van der Waals surface area contributed by atoms with Crippen LogP contribution in [0.1, 0.15) is 21.5 Å². The van der Waals surface area contributed by atoms with E-state index in [0.29, 0.717) is 5.56 Å². The Bertz CT molecular complexity index is 854. The van der Waals surface area contributed by atoms with Gasteiger partial charge in [0.15, 0.2) is 0 Å². The number of imidazole rings is 1. The third kappa shape index (κ3) is 2.43. The van der Waals surface area contributed by atoms with Crippen molar-refractivity contribution in [3.63, 3.8) is 0 Å². The minimum Gasteiger partial charge on any atom is -0.338 e. The first kappa shape index (κ1) is 13.8. The summed E-state index contributed by atoms with van der Waals surface area (Å²) in [5.74, 6) is 0.390. The number of benzene rings is 2. The molecule has 2 heterocycles. The van der Waals surface area contributed by atoms with Crippen molar-refractivity contribution in [1.82, 2.24) is 15.4 Å². The van der Waals surface area contributed by atoms with Crippen LogP contribution in [-0.2, 0) is 13.0 Å². The molecule has 6 heteroatoms. The number of carbonyl (C=O) groups is 1. The molecule has 0 spiro atoms. The zero-order chi connectivity index (χ0) is 15.8. The van der Waals surface area contributed by atoms with Crippen molar-refractivity contribution in [3.8, 4) is 0 Å². The van der Waals surface area contributed by atoms with E-state index >= 15 is 0 Å². The van der Waals surface area contributed by atoms with Crippen LogP contribution in [0.3, 0.4) is 0 Å². The van der Waals surface area contributed by atoms with Gasteiger partial charge in [-0.2, -0.15) is 0 Å². The first-order chi connectivity index (χ1) is 11.2. The fraction of sp³-hybridized carbons (Fsp3) is 0.176. The van der Waals surface area contributed by atoms with E-state index in [2.05, 4.69) is 14.9 Å². The van der Waals surface area contributed by atoms with E-state index in [1.54, 1.807) is 11.5 Å². The molecule has 0 saturated carbocycles. The molecule has 23 heavy (non-hydrogen) atoms. The second kappa shape index (κ2) is 5.40. The smallest absolute Gasteiger partial charge is 0.274 e. The van der Waals surface area contributed by atoms with E-state index < -0.39 is 5.91 Å². The molecule has 6 nitrogen and oxygen atoms in total. The summed E-state index contributed by atoms with van der Waals surface area (Å²) >= 11 is 0. The van der Waals surface area contributed by atoms with Crippen LogP contribution >= 0.6 is 0 Å². The number of aromatic nitrogens is 2. The SMILES string of the molecule is O=C(NO)c1ccc2c(c1)CCN(c1nc3ccccc3[nH]1)C2. The number of hydrogen-bond acceptors (Lipinski definition) is 4. The molecule has 116 valence electrons. The summed E-state index contributed by atoms with van der Waals surface area (Å²) in [5.41, 5.74) is 6.45. The van der Waals surface area contributed by atoms with Gasteiger partial charge in [-0.15, -0.1) is 0 Å². The number of nitrogens with one attached hydrogen (secondary N) is 2. The van der Waals surface area contributed by atoms with Crippen molar-refractivity contribution in [2.75, 3.05) is 11.4 Å². The number of rotatable bonds is 2. The Kier molecular flexibility index (Phi) is 3.24. The molecule has 2 aromatic carbocycles. The van der Waals surface area contributed by atoms with E-state index in [1.165, 1.54) is 5.56 Å². The predicted molar refractivity (Wildman–Crippen MR) is 86.5 cm³/mol.